The summed E-state index contributed by atoms with van der Waals surface area (Å²) < 4.78 is 0. The highest BCUT2D eigenvalue weighted by Gasteiger charge is 2.20. The fraction of sp³-hybridized carbons (Fsp3) is 0.0769. The molecule has 0 saturated heterocycles. The zero-order valence-corrected chi connectivity index (χ0v) is 18.0. The van der Waals surface area contributed by atoms with Gasteiger partial charge in [0.15, 0.2) is 5.65 Å². The van der Waals surface area contributed by atoms with Crippen LogP contribution in [0.25, 0.3) is 39.1 Å². The lowest BCUT2D eigenvalue weighted by Crippen LogP contribution is -2.01. The zero-order valence-electron chi connectivity index (χ0n) is 18.0. The Morgan fingerprint density at radius 1 is 0.909 bits per heavy atom. The number of fused-ring (bicyclic) bond motifs is 2. The van der Waals surface area contributed by atoms with Gasteiger partial charge < -0.3 is 10.7 Å². The van der Waals surface area contributed by atoms with Gasteiger partial charge in [0.1, 0.15) is 0 Å². The van der Waals surface area contributed by atoms with Gasteiger partial charge in [-0.1, -0.05) is 6.08 Å². The summed E-state index contributed by atoms with van der Waals surface area (Å²) in [4.78, 5) is 16.6. The van der Waals surface area contributed by atoms with Crippen LogP contribution in [0.5, 0.6) is 0 Å². The molecule has 5 aromatic heterocycles. The lowest BCUT2D eigenvalue weighted by Gasteiger charge is -2.06. The molecule has 4 N–H and O–H groups in total. The summed E-state index contributed by atoms with van der Waals surface area (Å²) in [6.07, 6.45) is 13.8. The minimum absolute atomic E-state index is 0.644. The molecule has 7 heteroatoms. The molecule has 6 rings (SSSR count). The summed E-state index contributed by atoms with van der Waals surface area (Å²) in [7, 11) is 0. The van der Waals surface area contributed by atoms with Gasteiger partial charge in [-0.25, -0.2) is 4.98 Å². The van der Waals surface area contributed by atoms with E-state index in [4.69, 9.17) is 5.73 Å². The van der Waals surface area contributed by atoms with Crippen molar-refractivity contribution >= 4 is 16.6 Å². The van der Waals surface area contributed by atoms with Crippen LogP contribution in [0.2, 0.25) is 0 Å². The van der Waals surface area contributed by atoms with Crippen molar-refractivity contribution in [3.63, 3.8) is 0 Å². The molecule has 0 spiro atoms. The lowest BCUT2D eigenvalue weighted by atomic mass is 9.98. The number of nitrogens with zero attached hydrogens (tertiary/aromatic N) is 4. The minimum atomic E-state index is 0.644. The third kappa shape index (κ3) is 3.30. The highest BCUT2D eigenvalue weighted by Crippen LogP contribution is 2.35. The maximum atomic E-state index is 6.25. The number of hydrogen-bond donors (Lipinski definition) is 3. The molecule has 5 heterocycles. The third-order valence-corrected chi connectivity index (χ3v) is 6.05. The molecule has 0 unspecified atom stereocenters. The number of aryl methyl sites for hydroxylation is 1. The molecule has 0 saturated carbocycles. The number of nitrogens with one attached hydrogen (secondary N) is 2. The molecule has 0 amide bonds. The largest absolute Gasteiger partial charge is 0.402 e. The van der Waals surface area contributed by atoms with Crippen LogP contribution in [0, 0.1) is 6.92 Å². The van der Waals surface area contributed by atoms with E-state index >= 15 is 0 Å². The second-order valence-corrected chi connectivity index (χ2v) is 8.19. The second-order valence-electron chi connectivity index (χ2n) is 8.19. The van der Waals surface area contributed by atoms with Gasteiger partial charge in [0.05, 0.1) is 11.4 Å². The van der Waals surface area contributed by atoms with E-state index in [-0.39, 0.29) is 0 Å². The van der Waals surface area contributed by atoms with Crippen molar-refractivity contribution in [2.45, 2.75) is 13.3 Å². The fourth-order valence-corrected chi connectivity index (χ4v) is 4.36. The molecule has 0 aromatic carbocycles. The quantitative estimate of drug-likeness (QED) is 0.388. The monoisotopic (exact) mass is 431 g/mol. The molecule has 0 bridgehead atoms. The van der Waals surface area contributed by atoms with E-state index in [1.807, 2.05) is 36.7 Å². The molecular formula is C26H21N7. The van der Waals surface area contributed by atoms with Crippen LogP contribution in [0.1, 0.15) is 22.4 Å². The highest BCUT2D eigenvalue weighted by molar-refractivity contribution is 5.94. The van der Waals surface area contributed by atoms with Gasteiger partial charge in [-0.2, -0.15) is 5.10 Å². The van der Waals surface area contributed by atoms with Crippen molar-refractivity contribution in [3.05, 3.63) is 102 Å². The number of H-pyrrole nitrogens is 2. The molecule has 0 fully saturated rings. The molecular weight excluding hydrogens is 410 g/mol. The van der Waals surface area contributed by atoms with Crippen LogP contribution in [-0.2, 0) is 6.42 Å². The Morgan fingerprint density at radius 2 is 1.76 bits per heavy atom. The van der Waals surface area contributed by atoms with Gasteiger partial charge in [-0.05, 0) is 60.0 Å². The highest BCUT2D eigenvalue weighted by atomic mass is 15.2. The van der Waals surface area contributed by atoms with Gasteiger partial charge >= 0.3 is 0 Å². The average Bonchev–Trinajstić information content (AvgIpc) is 3.40. The maximum absolute atomic E-state index is 6.25. The Morgan fingerprint density at radius 3 is 2.61 bits per heavy atom. The second kappa shape index (κ2) is 7.56. The summed E-state index contributed by atoms with van der Waals surface area (Å²) in [6, 6.07) is 10.3. The van der Waals surface area contributed by atoms with Crippen LogP contribution >= 0.6 is 0 Å². The first-order valence-electron chi connectivity index (χ1n) is 10.7. The normalized spacial score (nSPS) is 13.4. The van der Waals surface area contributed by atoms with Crippen molar-refractivity contribution in [1.29, 1.82) is 0 Å². The van der Waals surface area contributed by atoms with E-state index in [1.165, 1.54) is 0 Å². The van der Waals surface area contributed by atoms with Crippen LogP contribution in [0.4, 0.5) is 0 Å². The van der Waals surface area contributed by atoms with Crippen LogP contribution in [0.15, 0.2) is 79.2 Å². The number of allylic oxidation sites excluding steroid dienone is 3. The van der Waals surface area contributed by atoms with E-state index in [0.29, 0.717) is 12.1 Å². The Hall–Kier alpha value is -4.52. The summed E-state index contributed by atoms with van der Waals surface area (Å²) in [6.45, 7) is 2.07. The van der Waals surface area contributed by atoms with Crippen molar-refractivity contribution in [2.75, 3.05) is 0 Å². The molecule has 1 aliphatic rings. The lowest BCUT2D eigenvalue weighted by molar-refractivity contribution is 1.04. The van der Waals surface area contributed by atoms with Crippen molar-refractivity contribution in [2.24, 2.45) is 5.73 Å². The van der Waals surface area contributed by atoms with E-state index in [9.17, 15) is 0 Å². The molecule has 33 heavy (non-hydrogen) atoms. The molecule has 0 atom stereocenters. The van der Waals surface area contributed by atoms with Gasteiger partial charge in [0.2, 0.25) is 0 Å². The van der Waals surface area contributed by atoms with E-state index < -0.39 is 0 Å². The van der Waals surface area contributed by atoms with E-state index in [2.05, 4.69) is 55.3 Å². The Bertz CT molecular complexity index is 1550. The molecule has 7 nitrogen and oxygen atoms in total. The Kier molecular flexibility index (Phi) is 4.40. The molecule has 5 aromatic rings. The van der Waals surface area contributed by atoms with Gasteiger partial charge in [0, 0.05) is 70.9 Å². The first-order valence-corrected chi connectivity index (χ1v) is 10.7. The standard InChI is InChI=1S/C26H21N7/c1-15-4-7-29-14-22(15)17-10-21-25(32-33-26(21)30-13-17)24-12-20-19(16-5-8-28-9-6-16)3-2-18(27)11-23(20)31-24/h2-10,12-14,31H,11,27H2,1H3,(H,30,32,33). The van der Waals surface area contributed by atoms with Crippen molar-refractivity contribution in [3.8, 4) is 22.5 Å². The summed E-state index contributed by atoms with van der Waals surface area (Å²) in [5.74, 6) is 0. The average molecular weight is 432 g/mol. The first-order chi connectivity index (χ1) is 16.2. The maximum Gasteiger partial charge on any atom is 0.181 e. The number of hydrogen-bond acceptors (Lipinski definition) is 5. The summed E-state index contributed by atoms with van der Waals surface area (Å²) in [5.41, 5.74) is 17.2. The number of pyridine rings is 3. The van der Waals surface area contributed by atoms with E-state index in [1.54, 1.807) is 18.6 Å². The van der Waals surface area contributed by atoms with E-state index in [0.717, 1.165) is 61.6 Å². The summed E-state index contributed by atoms with van der Waals surface area (Å²) in [5, 5.41) is 8.57. The van der Waals surface area contributed by atoms with Crippen LogP contribution in [-0.4, -0.2) is 30.1 Å². The predicted octanol–water partition coefficient (Wildman–Crippen LogP) is 4.55. The molecule has 0 radical (unpaired) electrons. The Balaban J connectivity index is 1.49. The number of rotatable bonds is 3. The third-order valence-electron chi connectivity index (χ3n) is 6.05. The number of nitrogens with two attached hydrogens (primary N) is 1. The van der Waals surface area contributed by atoms with Crippen LogP contribution < -0.4 is 5.73 Å². The molecule has 0 aliphatic heterocycles. The molecule has 1 aliphatic carbocycles. The van der Waals surface area contributed by atoms with Crippen molar-refractivity contribution in [1.82, 2.24) is 30.1 Å². The number of aromatic amines is 2. The smallest absolute Gasteiger partial charge is 0.181 e. The SMILES string of the molecule is Cc1ccncc1-c1cnc2n[nH]c(-c3cc4c([nH]3)CC(N)=CC=C4c3ccncc3)c2c1. The fourth-order valence-electron chi connectivity index (χ4n) is 4.36. The minimum Gasteiger partial charge on any atom is -0.402 e. The van der Waals surface area contributed by atoms with Crippen LogP contribution in [0.3, 0.4) is 0 Å². The Labute approximate surface area is 190 Å². The molecule has 160 valence electrons. The topological polar surface area (TPSA) is 109 Å². The first kappa shape index (κ1) is 19.2. The number of aromatic nitrogens is 6. The zero-order chi connectivity index (χ0) is 22.4. The van der Waals surface area contributed by atoms with Gasteiger partial charge in [0.25, 0.3) is 0 Å². The van der Waals surface area contributed by atoms with Gasteiger partial charge in [-0.15, -0.1) is 0 Å². The van der Waals surface area contributed by atoms with Crippen molar-refractivity contribution < 1.29 is 0 Å². The van der Waals surface area contributed by atoms with Gasteiger partial charge in [-0.3, -0.25) is 15.1 Å². The predicted molar refractivity (Wildman–Crippen MR) is 129 cm³/mol. The summed E-state index contributed by atoms with van der Waals surface area (Å²) >= 11 is 0.